The molecule has 1 N–H and O–H groups in total. The molecule has 1 heterocycles. The molecule has 0 spiro atoms. The van der Waals surface area contributed by atoms with Gasteiger partial charge in [0.25, 0.3) is 0 Å². The number of aliphatic hydroxyl groups is 1. The Morgan fingerprint density at radius 1 is 1.50 bits per heavy atom. The van der Waals surface area contributed by atoms with Gasteiger partial charge in [-0.2, -0.15) is 5.26 Å². The molecule has 1 atom stereocenters. The predicted molar refractivity (Wildman–Crippen MR) is 66.3 cm³/mol. The predicted octanol–water partition coefficient (Wildman–Crippen LogP) is 2.28. The largest absolute Gasteiger partial charge is 0.388 e. The van der Waals surface area contributed by atoms with Crippen molar-refractivity contribution >= 4 is 21.6 Å². The molecule has 16 heavy (non-hydrogen) atoms. The van der Waals surface area contributed by atoms with Crippen LogP contribution in [0.15, 0.2) is 22.7 Å². The van der Waals surface area contributed by atoms with E-state index in [9.17, 15) is 5.11 Å². The molecule has 1 aromatic rings. The molecule has 84 valence electrons. The van der Waals surface area contributed by atoms with Gasteiger partial charge in [-0.3, -0.25) is 0 Å². The van der Waals surface area contributed by atoms with E-state index < -0.39 is 5.60 Å². The number of hydrogen-bond acceptors (Lipinski definition) is 3. The minimum Gasteiger partial charge on any atom is -0.388 e. The fraction of sp³-hybridized carbons (Fsp3) is 0.417. The standard InChI is InChI=1S/C12H13BrN2O/c1-12(16)2-3-15(8-12)11-5-9(7-14)4-10(13)6-11/h4-6,16H,2-3,8H2,1H3. The van der Waals surface area contributed by atoms with Crippen molar-refractivity contribution in [2.24, 2.45) is 0 Å². The Labute approximate surface area is 103 Å². The highest BCUT2D eigenvalue weighted by Crippen LogP contribution is 2.29. The summed E-state index contributed by atoms with van der Waals surface area (Å²) in [4.78, 5) is 2.10. The first-order valence-electron chi connectivity index (χ1n) is 5.18. The molecule has 1 saturated heterocycles. The number of anilines is 1. The Balaban J connectivity index is 2.29. The minimum absolute atomic E-state index is 0.616. The molecule has 1 aromatic carbocycles. The lowest BCUT2D eigenvalue weighted by Gasteiger charge is -2.21. The van der Waals surface area contributed by atoms with Crippen LogP contribution >= 0.6 is 15.9 Å². The number of nitrogens with zero attached hydrogens (tertiary/aromatic N) is 2. The maximum Gasteiger partial charge on any atom is 0.0992 e. The maximum atomic E-state index is 9.90. The van der Waals surface area contributed by atoms with Gasteiger partial charge in [0.2, 0.25) is 0 Å². The van der Waals surface area contributed by atoms with E-state index in [1.54, 1.807) is 6.07 Å². The molecule has 0 radical (unpaired) electrons. The van der Waals surface area contributed by atoms with Crippen molar-refractivity contribution in [3.63, 3.8) is 0 Å². The summed E-state index contributed by atoms with van der Waals surface area (Å²) >= 11 is 3.39. The van der Waals surface area contributed by atoms with Gasteiger partial charge in [-0.1, -0.05) is 15.9 Å². The van der Waals surface area contributed by atoms with Crippen molar-refractivity contribution in [3.05, 3.63) is 28.2 Å². The molecule has 1 fully saturated rings. The smallest absolute Gasteiger partial charge is 0.0992 e. The molecule has 3 nitrogen and oxygen atoms in total. The molecule has 0 aromatic heterocycles. The second-order valence-corrected chi connectivity index (χ2v) is 5.39. The quantitative estimate of drug-likeness (QED) is 0.859. The van der Waals surface area contributed by atoms with Gasteiger partial charge in [0.15, 0.2) is 0 Å². The number of benzene rings is 1. The third kappa shape index (κ3) is 2.37. The lowest BCUT2D eigenvalue weighted by Crippen LogP contribution is -2.29. The van der Waals surface area contributed by atoms with Gasteiger partial charge in [0.1, 0.15) is 0 Å². The average Bonchev–Trinajstić information content (AvgIpc) is 2.58. The first kappa shape index (κ1) is 11.4. The number of nitriles is 1. The van der Waals surface area contributed by atoms with Crippen LogP contribution in [0.4, 0.5) is 5.69 Å². The minimum atomic E-state index is -0.616. The van der Waals surface area contributed by atoms with Gasteiger partial charge in [0, 0.05) is 23.2 Å². The van der Waals surface area contributed by atoms with E-state index >= 15 is 0 Å². The highest BCUT2D eigenvalue weighted by Gasteiger charge is 2.31. The van der Waals surface area contributed by atoms with Crippen molar-refractivity contribution in [3.8, 4) is 6.07 Å². The van der Waals surface area contributed by atoms with Crippen molar-refractivity contribution in [2.45, 2.75) is 18.9 Å². The molecule has 4 heteroatoms. The SMILES string of the molecule is CC1(O)CCN(c2cc(Br)cc(C#N)c2)C1. The molecule has 1 aliphatic heterocycles. The molecular formula is C12H13BrN2O. The molecular weight excluding hydrogens is 268 g/mol. The van der Waals surface area contributed by atoms with Gasteiger partial charge < -0.3 is 10.0 Å². The van der Waals surface area contributed by atoms with E-state index in [0.717, 1.165) is 23.1 Å². The average molecular weight is 281 g/mol. The van der Waals surface area contributed by atoms with Crippen LogP contribution in [-0.2, 0) is 0 Å². The van der Waals surface area contributed by atoms with Gasteiger partial charge in [0.05, 0.1) is 17.2 Å². The Morgan fingerprint density at radius 2 is 2.25 bits per heavy atom. The molecule has 0 saturated carbocycles. The Kier molecular flexibility index (Phi) is 2.92. The first-order chi connectivity index (χ1) is 7.50. The zero-order valence-corrected chi connectivity index (χ0v) is 10.7. The Morgan fingerprint density at radius 3 is 2.81 bits per heavy atom. The highest BCUT2D eigenvalue weighted by atomic mass is 79.9. The van der Waals surface area contributed by atoms with Crippen molar-refractivity contribution < 1.29 is 5.11 Å². The van der Waals surface area contributed by atoms with Crippen LogP contribution < -0.4 is 4.90 Å². The number of β-amino-alcohol motifs (C(OH)–C–C–N with tert-alkyl or cyclic N) is 1. The van der Waals surface area contributed by atoms with Crippen LogP contribution in [0.5, 0.6) is 0 Å². The molecule has 0 bridgehead atoms. The summed E-state index contributed by atoms with van der Waals surface area (Å²) in [5.74, 6) is 0. The monoisotopic (exact) mass is 280 g/mol. The van der Waals surface area contributed by atoms with Gasteiger partial charge in [-0.15, -0.1) is 0 Å². The van der Waals surface area contributed by atoms with Crippen LogP contribution in [0, 0.1) is 11.3 Å². The summed E-state index contributed by atoms with van der Waals surface area (Å²) in [7, 11) is 0. The van der Waals surface area contributed by atoms with Crippen LogP contribution in [0.25, 0.3) is 0 Å². The lowest BCUT2D eigenvalue weighted by molar-refractivity contribution is 0.0839. The zero-order valence-electron chi connectivity index (χ0n) is 9.07. The van der Waals surface area contributed by atoms with Crippen LogP contribution in [-0.4, -0.2) is 23.8 Å². The van der Waals surface area contributed by atoms with Crippen molar-refractivity contribution in [1.82, 2.24) is 0 Å². The van der Waals surface area contributed by atoms with Crippen molar-refractivity contribution in [1.29, 1.82) is 5.26 Å². The summed E-state index contributed by atoms with van der Waals surface area (Å²) in [6, 6.07) is 7.75. The summed E-state index contributed by atoms with van der Waals surface area (Å²) in [6.07, 6.45) is 0.765. The molecule has 1 aliphatic rings. The van der Waals surface area contributed by atoms with Crippen molar-refractivity contribution in [2.75, 3.05) is 18.0 Å². The van der Waals surface area contributed by atoms with Gasteiger partial charge in [-0.25, -0.2) is 0 Å². The fourth-order valence-electron chi connectivity index (χ4n) is 1.99. The Hall–Kier alpha value is -1.05. The number of halogens is 1. The molecule has 2 rings (SSSR count). The summed E-state index contributed by atoms with van der Waals surface area (Å²) in [5, 5.41) is 18.8. The topological polar surface area (TPSA) is 47.3 Å². The zero-order chi connectivity index (χ0) is 11.8. The fourth-order valence-corrected chi connectivity index (χ4v) is 2.47. The number of rotatable bonds is 1. The van der Waals surface area contributed by atoms with Gasteiger partial charge >= 0.3 is 0 Å². The normalized spacial score (nSPS) is 24.5. The van der Waals surface area contributed by atoms with Crippen LogP contribution in [0.2, 0.25) is 0 Å². The Bertz CT molecular complexity index is 451. The highest BCUT2D eigenvalue weighted by molar-refractivity contribution is 9.10. The van der Waals surface area contributed by atoms with E-state index in [-0.39, 0.29) is 0 Å². The van der Waals surface area contributed by atoms with E-state index in [1.807, 2.05) is 19.1 Å². The van der Waals surface area contributed by atoms with Crippen LogP contribution in [0.3, 0.4) is 0 Å². The molecule has 0 aliphatic carbocycles. The molecule has 1 unspecified atom stereocenters. The summed E-state index contributed by atoms with van der Waals surface area (Å²) < 4.78 is 0.896. The third-order valence-electron chi connectivity index (χ3n) is 2.83. The maximum absolute atomic E-state index is 9.90. The molecule has 0 amide bonds. The van der Waals surface area contributed by atoms with E-state index in [2.05, 4.69) is 26.9 Å². The third-order valence-corrected chi connectivity index (χ3v) is 3.29. The number of hydrogen-bond donors (Lipinski definition) is 1. The van der Waals surface area contributed by atoms with E-state index in [4.69, 9.17) is 5.26 Å². The van der Waals surface area contributed by atoms with E-state index in [1.165, 1.54) is 0 Å². The van der Waals surface area contributed by atoms with Crippen LogP contribution in [0.1, 0.15) is 18.9 Å². The second-order valence-electron chi connectivity index (χ2n) is 4.48. The lowest BCUT2D eigenvalue weighted by atomic mass is 10.1. The van der Waals surface area contributed by atoms with E-state index in [0.29, 0.717) is 12.1 Å². The first-order valence-corrected chi connectivity index (χ1v) is 5.97. The summed E-state index contributed by atoms with van der Waals surface area (Å²) in [5.41, 5.74) is 1.01. The van der Waals surface area contributed by atoms with Gasteiger partial charge in [-0.05, 0) is 31.5 Å². The second kappa shape index (κ2) is 4.08. The summed E-state index contributed by atoms with van der Waals surface area (Å²) in [6.45, 7) is 3.29.